The summed E-state index contributed by atoms with van der Waals surface area (Å²) in [6, 6.07) is 15.8. The lowest BCUT2D eigenvalue weighted by Crippen LogP contribution is -2.37. The third kappa shape index (κ3) is 4.51. The van der Waals surface area contributed by atoms with E-state index in [9.17, 15) is 4.79 Å². The van der Waals surface area contributed by atoms with Gasteiger partial charge in [-0.15, -0.1) is 0 Å². The van der Waals surface area contributed by atoms with Gasteiger partial charge in [0.25, 0.3) is 0 Å². The zero-order chi connectivity index (χ0) is 17.5. The molecule has 0 radical (unpaired) electrons. The van der Waals surface area contributed by atoms with Crippen molar-refractivity contribution >= 4 is 11.6 Å². The molecule has 3 rings (SSSR count). The number of carbonyl (C=O) groups excluding carboxylic acids is 1. The lowest BCUT2D eigenvalue weighted by atomic mass is 10.1. The molecular weight excluding hydrogens is 316 g/mol. The third-order valence-corrected chi connectivity index (χ3v) is 4.36. The minimum Gasteiger partial charge on any atom is -0.496 e. The lowest BCUT2D eigenvalue weighted by Gasteiger charge is -2.30. The van der Waals surface area contributed by atoms with E-state index in [4.69, 9.17) is 9.47 Å². The van der Waals surface area contributed by atoms with Crippen LogP contribution in [0.15, 0.2) is 48.5 Å². The van der Waals surface area contributed by atoms with E-state index in [1.165, 1.54) is 5.69 Å². The number of morpholine rings is 1. The van der Waals surface area contributed by atoms with Crippen LogP contribution in [-0.4, -0.2) is 39.3 Å². The molecular formula is C20H24N2O3. The van der Waals surface area contributed by atoms with Gasteiger partial charge in [0.2, 0.25) is 5.91 Å². The van der Waals surface area contributed by atoms with Gasteiger partial charge >= 0.3 is 0 Å². The van der Waals surface area contributed by atoms with E-state index in [-0.39, 0.29) is 5.91 Å². The van der Waals surface area contributed by atoms with Crippen LogP contribution in [0.2, 0.25) is 0 Å². The monoisotopic (exact) mass is 340 g/mol. The van der Waals surface area contributed by atoms with Crippen LogP contribution in [0.4, 0.5) is 5.69 Å². The number of nitrogens with zero attached hydrogens (tertiary/aromatic N) is 1. The molecule has 2 aromatic rings. The largest absolute Gasteiger partial charge is 0.496 e. The maximum Gasteiger partial charge on any atom is 0.224 e. The average molecular weight is 340 g/mol. The summed E-state index contributed by atoms with van der Waals surface area (Å²) >= 11 is 0. The molecule has 25 heavy (non-hydrogen) atoms. The minimum absolute atomic E-state index is 0.0127. The highest BCUT2D eigenvalue weighted by Gasteiger charge is 2.15. The first kappa shape index (κ1) is 17.3. The third-order valence-electron chi connectivity index (χ3n) is 4.36. The van der Waals surface area contributed by atoms with Crippen molar-refractivity contribution in [3.8, 4) is 5.75 Å². The van der Waals surface area contributed by atoms with E-state index in [2.05, 4.69) is 22.3 Å². The first-order valence-electron chi connectivity index (χ1n) is 8.57. The normalized spacial score (nSPS) is 14.2. The Kier molecular flexibility index (Phi) is 5.90. The molecule has 2 aromatic carbocycles. The number of nitrogens with one attached hydrogen (secondary N) is 1. The number of para-hydroxylation sites is 2. The van der Waals surface area contributed by atoms with Crippen molar-refractivity contribution in [2.45, 2.75) is 13.0 Å². The van der Waals surface area contributed by atoms with Crippen molar-refractivity contribution in [1.29, 1.82) is 0 Å². The van der Waals surface area contributed by atoms with Gasteiger partial charge in [0.1, 0.15) is 5.75 Å². The van der Waals surface area contributed by atoms with Crippen LogP contribution in [-0.2, 0) is 22.5 Å². The highest BCUT2D eigenvalue weighted by Crippen LogP contribution is 2.22. The molecule has 1 saturated heterocycles. The summed E-state index contributed by atoms with van der Waals surface area (Å²) < 4.78 is 10.7. The molecule has 5 nitrogen and oxygen atoms in total. The lowest BCUT2D eigenvalue weighted by molar-refractivity contribution is -0.120. The van der Waals surface area contributed by atoms with E-state index in [0.717, 1.165) is 43.2 Å². The van der Waals surface area contributed by atoms with Gasteiger partial charge in [-0.25, -0.2) is 0 Å². The Hall–Kier alpha value is -2.53. The summed E-state index contributed by atoms with van der Waals surface area (Å²) in [4.78, 5) is 14.7. The highest BCUT2D eigenvalue weighted by molar-refractivity contribution is 5.79. The maximum atomic E-state index is 12.3. The summed E-state index contributed by atoms with van der Waals surface area (Å²) in [7, 11) is 1.62. The van der Waals surface area contributed by atoms with E-state index >= 15 is 0 Å². The van der Waals surface area contributed by atoms with Gasteiger partial charge in [0, 0.05) is 30.9 Å². The fourth-order valence-electron chi connectivity index (χ4n) is 3.05. The Morgan fingerprint density at radius 2 is 1.76 bits per heavy atom. The molecule has 0 unspecified atom stereocenters. The molecule has 0 spiro atoms. The zero-order valence-electron chi connectivity index (χ0n) is 14.5. The van der Waals surface area contributed by atoms with E-state index in [0.29, 0.717) is 13.0 Å². The molecule has 0 saturated carbocycles. The number of anilines is 1. The number of hydrogen-bond donors (Lipinski definition) is 1. The first-order valence-corrected chi connectivity index (χ1v) is 8.57. The number of ether oxygens (including phenoxy) is 2. The Bertz CT molecular complexity index is 712. The van der Waals surface area contributed by atoms with Crippen LogP contribution >= 0.6 is 0 Å². The summed E-state index contributed by atoms with van der Waals surface area (Å²) in [6.07, 6.45) is 0.309. The van der Waals surface area contributed by atoms with Crippen molar-refractivity contribution in [3.05, 3.63) is 59.7 Å². The summed E-state index contributed by atoms with van der Waals surface area (Å²) in [6.45, 7) is 3.77. The van der Waals surface area contributed by atoms with Crippen LogP contribution in [0.25, 0.3) is 0 Å². The number of carbonyl (C=O) groups is 1. The molecule has 0 aromatic heterocycles. The van der Waals surface area contributed by atoms with Crippen LogP contribution < -0.4 is 15.0 Å². The smallest absolute Gasteiger partial charge is 0.224 e. The fourth-order valence-corrected chi connectivity index (χ4v) is 3.05. The second-order valence-electron chi connectivity index (χ2n) is 5.99. The van der Waals surface area contributed by atoms with Crippen molar-refractivity contribution in [2.75, 3.05) is 38.3 Å². The van der Waals surface area contributed by atoms with Crippen molar-refractivity contribution in [1.82, 2.24) is 5.32 Å². The molecule has 1 amide bonds. The Balaban J connectivity index is 1.62. The van der Waals surface area contributed by atoms with Crippen LogP contribution in [0, 0.1) is 0 Å². The van der Waals surface area contributed by atoms with Crippen LogP contribution in [0.5, 0.6) is 5.75 Å². The minimum atomic E-state index is -0.0127. The van der Waals surface area contributed by atoms with Gasteiger partial charge in [-0.3, -0.25) is 4.79 Å². The maximum absolute atomic E-state index is 12.3. The molecule has 0 bridgehead atoms. The second kappa shape index (κ2) is 8.53. The molecule has 1 aliphatic rings. The standard InChI is InChI=1S/C20H24N2O3/c1-24-19-9-5-3-6-16(19)14-20(23)21-15-17-7-2-4-8-18(17)22-10-12-25-13-11-22/h2-9H,10-15H2,1H3,(H,21,23). The molecule has 1 N–H and O–H groups in total. The quantitative estimate of drug-likeness (QED) is 0.877. The number of rotatable bonds is 6. The Morgan fingerprint density at radius 3 is 2.52 bits per heavy atom. The van der Waals surface area contributed by atoms with E-state index < -0.39 is 0 Å². The summed E-state index contributed by atoms with van der Waals surface area (Å²) in [5.41, 5.74) is 3.19. The van der Waals surface area contributed by atoms with Crippen LogP contribution in [0.3, 0.4) is 0 Å². The summed E-state index contributed by atoms with van der Waals surface area (Å²) in [5.74, 6) is 0.729. The molecule has 1 heterocycles. The molecule has 132 valence electrons. The Morgan fingerprint density at radius 1 is 1.08 bits per heavy atom. The van der Waals surface area contributed by atoms with Crippen molar-refractivity contribution in [3.63, 3.8) is 0 Å². The number of benzene rings is 2. The Labute approximate surface area is 148 Å². The first-order chi connectivity index (χ1) is 12.3. The predicted molar refractivity (Wildman–Crippen MR) is 98.0 cm³/mol. The van der Waals surface area contributed by atoms with Gasteiger partial charge in [-0.1, -0.05) is 36.4 Å². The topological polar surface area (TPSA) is 50.8 Å². The SMILES string of the molecule is COc1ccccc1CC(=O)NCc1ccccc1N1CCOCC1. The second-order valence-corrected chi connectivity index (χ2v) is 5.99. The predicted octanol–water partition coefficient (Wildman–Crippen LogP) is 2.39. The van der Waals surface area contributed by atoms with Gasteiger partial charge < -0.3 is 19.7 Å². The van der Waals surface area contributed by atoms with Gasteiger partial charge in [-0.2, -0.15) is 0 Å². The molecule has 1 fully saturated rings. The van der Waals surface area contributed by atoms with Crippen molar-refractivity contribution < 1.29 is 14.3 Å². The molecule has 0 aliphatic carbocycles. The van der Waals surface area contributed by atoms with E-state index in [1.54, 1.807) is 7.11 Å². The zero-order valence-corrected chi connectivity index (χ0v) is 14.5. The van der Waals surface area contributed by atoms with Gasteiger partial charge in [0.05, 0.1) is 26.7 Å². The number of methoxy groups -OCH3 is 1. The summed E-state index contributed by atoms with van der Waals surface area (Å²) in [5, 5.41) is 3.03. The van der Waals surface area contributed by atoms with Gasteiger partial charge in [0.15, 0.2) is 0 Å². The van der Waals surface area contributed by atoms with Gasteiger partial charge in [-0.05, 0) is 17.7 Å². The molecule has 5 heteroatoms. The number of hydrogen-bond acceptors (Lipinski definition) is 4. The fraction of sp³-hybridized carbons (Fsp3) is 0.350. The van der Waals surface area contributed by atoms with Crippen molar-refractivity contribution in [2.24, 2.45) is 0 Å². The number of amides is 1. The highest BCUT2D eigenvalue weighted by atomic mass is 16.5. The van der Waals surface area contributed by atoms with Crippen LogP contribution in [0.1, 0.15) is 11.1 Å². The van der Waals surface area contributed by atoms with E-state index in [1.807, 2.05) is 36.4 Å². The molecule has 1 aliphatic heterocycles. The average Bonchev–Trinajstić information content (AvgIpc) is 2.68. The molecule has 0 atom stereocenters.